The van der Waals surface area contributed by atoms with Crippen LogP contribution in [-0.4, -0.2) is 54.9 Å². The van der Waals surface area contributed by atoms with Crippen LogP contribution in [-0.2, 0) is 9.53 Å². The van der Waals surface area contributed by atoms with Crippen molar-refractivity contribution in [2.24, 2.45) is 0 Å². The van der Waals surface area contributed by atoms with Crippen molar-refractivity contribution in [1.82, 2.24) is 4.90 Å². The van der Waals surface area contributed by atoms with Crippen molar-refractivity contribution in [3.05, 3.63) is 30.3 Å². The third-order valence-electron chi connectivity index (χ3n) is 2.96. The fourth-order valence-corrected chi connectivity index (χ4v) is 1.97. The smallest absolute Gasteiger partial charge is 0.238 e. The topological polar surface area (TPSA) is 61.8 Å². The van der Waals surface area contributed by atoms with Crippen molar-refractivity contribution in [1.29, 1.82) is 0 Å². The van der Waals surface area contributed by atoms with Crippen LogP contribution in [0.4, 0.5) is 5.69 Å². The molecule has 18 heavy (non-hydrogen) atoms. The largest absolute Gasteiger partial charge is 0.395 e. The zero-order valence-electron chi connectivity index (χ0n) is 10.2. The summed E-state index contributed by atoms with van der Waals surface area (Å²) in [6.07, 6.45) is 0. The molecule has 1 fully saturated rings. The molecular weight excluding hydrogens is 232 g/mol. The summed E-state index contributed by atoms with van der Waals surface area (Å²) >= 11 is 0. The second kappa shape index (κ2) is 6.49. The second-order valence-corrected chi connectivity index (χ2v) is 4.30. The summed E-state index contributed by atoms with van der Waals surface area (Å²) in [5.41, 5.74) is 0.788. The molecule has 0 aliphatic carbocycles. The first-order chi connectivity index (χ1) is 8.79. The molecule has 0 radical (unpaired) electrons. The zero-order valence-corrected chi connectivity index (χ0v) is 10.2. The predicted molar refractivity (Wildman–Crippen MR) is 68.3 cm³/mol. The molecule has 1 amide bonds. The van der Waals surface area contributed by atoms with Gasteiger partial charge in [-0.15, -0.1) is 0 Å². The monoisotopic (exact) mass is 250 g/mol. The Balaban J connectivity index is 1.86. The summed E-state index contributed by atoms with van der Waals surface area (Å²) < 4.78 is 5.27. The molecule has 1 aliphatic heterocycles. The number of carbonyl (C=O) groups excluding carboxylic acids is 1. The third-order valence-corrected chi connectivity index (χ3v) is 2.96. The van der Waals surface area contributed by atoms with E-state index in [1.807, 2.05) is 35.2 Å². The Morgan fingerprint density at radius 3 is 2.94 bits per heavy atom. The Hall–Kier alpha value is -1.43. The van der Waals surface area contributed by atoms with E-state index in [9.17, 15) is 9.90 Å². The van der Waals surface area contributed by atoms with Crippen molar-refractivity contribution in [3.8, 4) is 0 Å². The molecule has 1 aromatic carbocycles. The molecule has 1 aromatic rings. The van der Waals surface area contributed by atoms with E-state index in [1.54, 1.807) is 0 Å². The van der Waals surface area contributed by atoms with Crippen LogP contribution in [0, 0.1) is 0 Å². The predicted octanol–water partition coefficient (Wildman–Crippen LogP) is 0.318. The minimum atomic E-state index is -0.0831. The number of benzene rings is 1. The van der Waals surface area contributed by atoms with Crippen LogP contribution in [0.25, 0.3) is 0 Å². The van der Waals surface area contributed by atoms with Gasteiger partial charge in [-0.2, -0.15) is 0 Å². The van der Waals surface area contributed by atoms with Crippen LogP contribution in [0.3, 0.4) is 0 Å². The second-order valence-electron chi connectivity index (χ2n) is 4.30. The van der Waals surface area contributed by atoms with E-state index in [2.05, 4.69) is 5.32 Å². The standard InChI is InChI=1S/C13H18N2O3/c16-9-12-10-18-7-6-15(12)8-13(17)14-11-4-2-1-3-5-11/h1-5,12,16H,6-10H2,(H,14,17). The molecule has 1 aliphatic rings. The van der Waals surface area contributed by atoms with E-state index in [4.69, 9.17) is 4.74 Å². The number of carbonyl (C=O) groups is 1. The van der Waals surface area contributed by atoms with Gasteiger partial charge < -0.3 is 15.2 Å². The van der Waals surface area contributed by atoms with E-state index in [0.29, 0.717) is 19.8 Å². The Morgan fingerprint density at radius 2 is 2.22 bits per heavy atom. The summed E-state index contributed by atoms with van der Waals surface area (Å²) in [6.45, 7) is 2.06. The quantitative estimate of drug-likeness (QED) is 0.808. The van der Waals surface area contributed by atoms with E-state index in [-0.39, 0.29) is 25.1 Å². The molecule has 0 bridgehead atoms. The molecule has 98 valence electrons. The number of hydrogen-bond donors (Lipinski definition) is 2. The fraction of sp³-hybridized carbons (Fsp3) is 0.462. The molecule has 5 heteroatoms. The van der Waals surface area contributed by atoms with Gasteiger partial charge in [0.15, 0.2) is 0 Å². The average Bonchev–Trinajstić information content (AvgIpc) is 2.40. The Morgan fingerprint density at radius 1 is 1.44 bits per heavy atom. The van der Waals surface area contributed by atoms with Gasteiger partial charge in [0.2, 0.25) is 5.91 Å². The number of morpholine rings is 1. The minimum Gasteiger partial charge on any atom is -0.395 e. The zero-order chi connectivity index (χ0) is 12.8. The first-order valence-corrected chi connectivity index (χ1v) is 6.07. The molecule has 2 rings (SSSR count). The highest BCUT2D eigenvalue weighted by Gasteiger charge is 2.23. The number of ether oxygens (including phenoxy) is 1. The maximum atomic E-state index is 11.9. The fourth-order valence-electron chi connectivity index (χ4n) is 1.97. The van der Waals surface area contributed by atoms with Crippen LogP contribution in [0.5, 0.6) is 0 Å². The van der Waals surface area contributed by atoms with Crippen molar-refractivity contribution < 1.29 is 14.6 Å². The number of para-hydroxylation sites is 1. The van der Waals surface area contributed by atoms with Gasteiger partial charge >= 0.3 is 0 Å². The van der Waals surface area contributed by atoms with Crippen molar-refractivity contribution in [3.63, 3.8) is 0 Å². The normalized spacial score (nSPS) is 20.6. The molecule has 1 saturated heterocycles. The number of nitrogens with zero attached hydrogens (tertiary/aromatic N) is 1. The Kier molecular flexibility index (Phi) is 4.69. The van der Waals surface area contributed by atoms with Crippen LogP contribution in [0.15, 0.2) is 30.3 Å². The Bertz CT molecular complexity index is 383. The van der Waals surface area contributed by atoms with Crippen LogP contribution < -0.4 is 5.32 Å². The lowest BCUT2D eigenvalue weighted by molar-refractivity contribution is -0.120. The highest BCUT2D eigenvalue weighted by atomic mass is 16.5. The van der Waals surface area contributed by atoms with E-state index in [0.717, 1.165) is 5.69 Å². The molecule has 1 atom stereocenters. The number of aliphatic hydroxyl groups is 1. The summed E-state index contributed by atoms with van der Waals surface area (Å²) in [7, 11) is 0. The van der Waals surface area contributed by atoms with Gasteiger partial charge in [-0.05, 0) is 12.1 Å². The molecule has 2 N–H and O–H groups in total. The lowest BCUT2D eigenvalue weighted by Gasteiger charge is -2.33. The van der Waals surface area contributed by atoms with Crippen molar-refractivity contribution >= 4 is 11.6 Å². The molecular formula is C13H18N2O3. The molecule has 1 heterocycles. The minimum absolute atomic E-state index is 0.0125. The summed E-state index contributed by atoms with van der Waals surface area (Å²) in [4.78, 5) is 13.8. The summed E-state index contributed by atoms with van der Waals surface area (Å²) in [6, 6.07) is 9.27. The SMILES string of the molecule is O=C(CN1CCOCC1CO)Nc1ccccc1. The van der Waals surface area contributed by atoms with Crippen LogP contribution in [0.2, 0.25) is 0 Å². The number of aliphatic hydroxyl groups excluding tert-OH is 1. The third kappa shape index (κ3) is 3.53. The lowest BCUT2D eigenvalue weighted by atomic mass is 10.2. The first kappa shape index (κ1) is 13.0. The van der Waals surface area contributed by atoms with E-state index < -0.39 is 0 Å². The molecule has 0 saturated carbocycles. The van der Waals surface area contributed by atoms with Gasteiger partial charge in [0.25, 0.3) is 0 Å². The first-order valence-electron chi connectivity index (χ1n) is 6.07. The molecule has 5 nitrogen and oxygen atoms in total. The maximum Gasteiger partial charge on any atom is 0.238 e. The highest BCUT2D eigenvalue weighted by molar-refractivity contribution is 5.92. The summed E-state index contributed by atoms with van der Waals surface area (Å²) in [5.74, 6) is -0.0680. The molecule has 1 unspecified atom stereocenters. The molecule has 0 spiro atoms. The van der Waals surface area contributed by atoms with E-state index >= 15 is 0 Å². The number of hydrogen-bond acceptors (Lipinski definition) is 4. The number of nitrogens with one attached hydrogen (secondary N) is 1. The van der Waals surface area contributed by atoms with Crippen molar-refractivity contribution in [2.75, 3.05) is 38.2 Å². The van der Waals surface area contributed by atoms with Gasteiger partial charge in [0.05, 0.1) is 32.4 Å². The number of anilines is 1. The van der Waals surface area contributed by atoms with Gasteiger partial charge in [0.1, 0.15) is 0 Å². The Labute approximate surface area is 106 Å². The average molecular weight is 250 g/mol. The van der Waals surface area contributed by atoms with E-state index in [1.165, 1.54) is 0 Å². The number of amides is 1. The molecule has 0 aromatic heterocycles. The van der Waals surface area contributed by atoms with Crippen molar-refractivity contribution in [2.45, 2.75) is 6.04 Å². The maximum absolute atomic E-state index is 11.9. The van der Waals surface area contributed by atoms with Gasteiger partial charge in [-0.25, -0.2) is 0 Å². The summed E-state index contributed by atoms with van der Waals surface area (Å²) in [5, 5.41) is 12.0. The van der Waals surface area contributed by atoms with Gasteiger partial charge in [-0.1, -0.05) is 18.2 Å². The van der Waals surface area contributed by atoms with Gasteiger partial charge in [0, 0.05) is 12.2 Å². The van der Waals surface area contributed by atoms with Crippen LogP contribution in [0.1, 0.15) is 0 Å². The highest BCUT2D eigenvalue weighted by Crippen LogP contribution is 2.08. The van der Waals surface area contributed by atoms with Gasteiger partial charge in [-0.3, -0.25) is 9.69 Å². The van der Waals surface area contributed by atoms with Crippen LogP contribution >= 0.6 is 0 Å². The lowest BCUT2D eigenvalue weighted by Crippen LogP contribution is -2.50. The number of rotatable bonds is 4.